The Balaban J connectivity index is 1.49. The van der Waals surface area contributed by atoms with Crippen molar-refractivity contribution in [2.24, 2.45) is 0 Å². The number of amides is 1. The fraction of sp³-hybridized carbons (Fsp3) is 0.292. The molecule has 1 aliphatic heterocycles. The third-order valence-electron chi connectivity index (χ3n) is 5.35. The maximum atomic E-state index is 13.7. The van der Waals surface area contributed by atoms with Gasteiger partial charge in [-0.2, -0.15) is 0 Å². The van der Waals surface area contributed by atoms with Crippen molar-refractivity contribution in [3.05, 3.63) is 83.4 Å². The van der Waals surface area contributed by atoms with E-state index in [4.69, 9.17) is 0 Å². The smallest absolute Gasteiger partial charge is 0.255 e. The highest BCUT2D eigenvalue weighted by Crippen LogP contribution is 2.24. The molecule has 8 heteroatoms. The Morgan fingerprint density at radius 3 is 2.78 bits per heavy atom. The van der Waals surface area contributed by atoms with Crippen LogP contribution in [0.1, 0.15) is 27.9 Å². The Kier molecular flexibility index (Phi) is 6.89. The number of aromatic nitrogens is 2. The van der Waals surface area contributed by atoms with Crippen LogP contribution in [0.5, 0.6) is 0 Å². The van der Waals surface area contributed by atoms with E-state index in [-0.39, 0.29) is 11.7 Å². The molecule has 0 saturated carbocycles. The van der Waals surface area contributed by atoms with Crippen LogP contribution in [0.2, 0.25) is 0 Å². The summed E-state index contributed by atoms with van der Waals surface area (Å²) in [5.41, 5.74) is 2.13. The molecule has 0 unspecified atom stereocenters. The van der Waals surface area contributed by atoms with Gasteiger partial charge in [-0.25, -0.2) is 13.8 Å². The van der Waals surface area contributed by atoms with E-state index in [9.17, 15) is 13.6 Å². The van der Waals surface area contributed by atoms with E-state index in [0.29, 0.717) is 56.2 Å². The fourth-order valence-corrected chi connectivity index (χ4v) is 3.67. The van der Waals surface area contributed by atoms with E-state index in [0.717, 1.165) is 11.1 Å². The van der Waals surface area contributed by atoms with Crippen molar-refractivity contribution >= 4 is 17.5 Å². The third-order valence-corrected chi connectivity index (χ3v) is 5.35. The zero-order valence-electron chi connectivity index (χ0n) is 17.6. The summed E-state index contributed by atoms with van der Waals surface area (Å²) in [7, 11) is 0. The minimum atomic E-state index is -0.872. The number of carbonyl (C=O) groups is 1. The van der Waals surface area contributed by atoms with E-state index in [1.807, 2.05) is 23.1 Å². The second-order valence-corrected chi connectivity index (χ2v) is 7.75. The molecule has 4 rings (SSSR count). The first-order valence-corrected chi connectivity index (χ1v) is 10.6. The summed E-state index contributed by atoms with van der Waals surface area (Å²) in [6.45, 7) is 1.69. The van der Waals surface area contributed by atoms with Crippen LogP contribution in [0, 0.1) is 5.82 Å². The number of nitrogens with zero attached hydrogens (tertiary/aromatic N) is 3. The number of alkyl halides is 1. The van der Waals surface area contributed by atoms with Crippen LogP contribution in [-0.4, -0.2) is 41.7 Å². The number of nitrogens with one attached hydrogen (secondary N) is 2. The van der Waals surface area contributed by atoms with Crippen molar-refractivity contribution in [2.75, 3.05) is 29.9 Å². The lowest BCUT2D eigenvalue weighted by Crippen LogP contribution is -2.26. The summed E-state index contributed by atoms with van der Waals surface area (Å²) in [6.07, 6.45) is 3.53. The second-order valence-electron chi connectivity index (χ2n) is 7.75. The predicted molar refractivity (Wildman–Crippen MR) is 120 cm³/mol. The standard InChI is InChI=1S/C24H25F2N5O/c25-19-5-1-3-17(13-19)8-11-28-23-21(24(32)29-15-18-4-2-10-27-14-18)6-7-22(30-23)31-12-9-20(26)16-31/h1-7,10,13-14,20H,8-9,11-12,15-16H2,(H,28,30)(H,29,32)/t20-/m0/s1. The van der Waals surface area contributed by atoms with Gasteiger partial charge >= 0.3 is 0 Å². The van der Waals surface area contributed by atoms with Gasteiger partial charge in [-0.1, -0.05) is 18.2 Å². The molecule has 3 heterocycles. The van der Waals surface area contributed by atoms with Gasteiger partial charge in [0.2, 0.25) is 0 Å². The Morgan fingerprint density at radius 2 is 2.03 bits per heavy atom. The van der Waals surface area contributed by atoms with E-state index in [1.54, 1.807) is 30.6 Å². The van der Waals surface area contributed by atoms with E-state index in [1.165, 1.54) is 12.1 Å². The number of rotatable bonds is 8. The highest BCUT2D eigenvalue weighted by atomic mass is 19.1. The van der Waals surface area contributed by atoms with Gasteiger partial charge in [0.25, 0.3) is 5.91 Å². The van der Waals surface area contributed by atoms with Gasteiger partial charge in [-0.3, -0.25) is 9.78 Å². The number of halogens is 2. The summed E-state index contributed by atoms with van der Waals surface area (Å²) >= 11 is 0. The molecule has 1 amide bonds. The van der Waals surface area contributed by atoms with Crippen LogP contribution in [0.15, 0.2) is 60.9 Å². The van der Waals surface area contributed by atoms with Gasteiger partial charge in [-0.05, 0) is 54.3 Å². The van der Waals surface area contributed by atoms with Crippen molar-refractivity contribution in [2.45, 2.75) is 25.6 Å². The molecule has 0 aliphatic carbocycles. The lowest BCUT2D eigenvalue weighted by molar-refractivity contribution is 0.0951. The van der Waals surface area contributed by atoms with Gasteiger partial charge < -0.3 is 15.5 Å². The zero-order chi connectivity index (χ0) is 22.3. The van der Waals surface area contributed by atoms with Crippen LogP contribution in [-0.2, 0) is 13.0 Å². The average molecular weight is 437 g/mol. The first kappa shape index (κ1) is 21.7. The SMILES string of the molecule is O=C(NCc1cccnc1)c1ccc(N2CC[C@H](F)C2)nc1NCCc1cccc(F)c1. The van der Waals surface area contributed by atoms with E-state index < -0.39 is 6.17 Å². The Labute approximate surface area is 185 Å². The Morgan fingerprint density at radius 1 is 1.16 bits per heavy atom. The van der Waals surface area contributed by atoms with E-state index >= 15 is 0 Å². The highest BCUT2D eigenvalue weighted by Gasteiger charge is 2.24. The van der Waals surface area contributed by atoms with Crippen molar-refractivity contribution in [3.8, 4) is 0 Å². The molecule has 0 radical (unpaired) electrons. The number of anilines is 2. The van der Waals surface area contributed by atoms with Crippen molar-refractivity contribution in [1.29, 1.82) is 0 Å². The maximum Gasteiger partial charge on any atom is 0.255 e. The highest BCUT2D eigenvalue weighted by molar-refractivity contribution is 5.99. The lowest BCUT2D eigenvalue weighted by Gasteiger charge is -2.19. The molecule has 2 aromatic heterocycles. The lowest BCUT2D eigenvalue weighted by atomic mass is 10.1. The quantitative estimate of drug-likeness (QED) is 0.562. The monoisotopic (exact) mass is 437 g/mol. The summed E-state index contributed by atoms with van der Waals surface area (Å²) in [4.78, 5) is 23.4. The fourth-order valence-electron chi connectivity index (χ4n) is 3.67. The van der Waals surface area contributed by atoms with Crippen LogP contribution in [0.25, 0.3) is 0 Å². The van der Waals surface area contributed by atoms with Gasteiger partial charge in [-0.15, -0.1) is 0 Å². The summed E-state index contributed by atoms with van der Waals surface area (Å²) in [5.74, 6) is 0.492. The topological polar surface area (TPSA) is 70.2 Å². The normalized spacial score (nSPS) is 15.6. The molecule has 3 aromatic rings. The summed E-state index contributed by atoms with van der Waals surface area (Å²) in [6, 6.07) is 13.5. The number of pyridine rings is 2. The first-order valence-electron chi connectivity index (χ1n) is 10.6. The average Bonchev–Trinajstić information content (AvgIpc) is 3.24. The van der Waals surface area contributed by atoms with Crippen LogP contribution < -0.4 is 15.5 Å². The maximum absolute atomic E-state index is 13.7. The molecule has 166 valence electrons. The minimum absolute atomic E-state index is 0.272. The molecule has 1 atom stereocenters. The molecule has 0 bridgehead atoms. The molecular formula is C24H25F2N5O. The van der Waals surface area contributed by atoms with Gasteiger partial charge in [0.05, 0.1) is 12.1 Å². The number of hydrogen-bond donors (Lipinski definition) is 2. The van der Waals surface area contributed by atoms with Crippen molar-refractivity contribution in [1.82, 2.24) is 15.3 Å². The Hall–Kier alpha value is -3.55. The molecular weight excluding hydrogens is 412 g/mol. The Bertz CT molecular complexity index is 1060. The second kappa shape index (κ2) is 10.2. The van der Waals surface area contributed by atoms with E-state index in [2.05, 4.69) is 20.6 Å². The molecule has 32 heavy (non-hydrogen) atoms. The minimum Gasteiger partial charge on any atom is -0.369 e. The predicted octanol–water partition coefficient (Wildman–Crippen LogP) is 3.75. The summed E-state index contributed by atoms with van der Waals surface area (Å²) < 4.78 is 27.1. The van der Waals surface area contributed by atoms with Crippen molar-refractivity contribution < 1.29 is 13.6 Å². The molecule has 0 spiro atoms. The third kappa shape index (κ3) is 5.57. The van der Waals surface area contributed by atoms with Gasteiger partial charge in [0, 0.05) is 32.0 Å². The molecule has 1 aromatic carbocycles. The van der Waals surface area contributed by atoms with Crippen molar-refractivity contribution in [3.63, 3.8) is 0 Å². The number of benzene rings is 1. The molecule has 1 saturated heterocycles. The molecule has 6 nitrogen and oxygen atoms in total. The molecule has 1 fully saturated rings. The number of hydrogen-bond acceptors (Lipinski definition) is 5. The van der Waals surface area contributed by atoms with Crippen LogP contribution in [0.4, 0.5) is 20.4 Å². The van der Waals surface area contributed by atoms with Gasteiger partial charge in [0.15, 0.2) is 0 Å². The first-order chi connectivity index (χ1) is 15.6. The van der Waals surface area contributed by atoms with Gasteiger partial charge in [0.1, 0.15) is 23.6 Å². The number of carbonyl (C=O) groups excluding carboxylic acids is 1. The molecule has 2 N–H and O–H groups in total. The summed E-state index contributed by atoms with van der Waals surface area (Å²) in [5, 5.41) is 6.09. The molecule has 1 aliphatic rings. The zero-order valence-corrected chi connectivity index (χ0v) is 17.6. The van der Waals surface area contributed by atoms with Crippen LogP contribution in [0.3, 0.4) is 0 Å². The van der Waals surface area contributed by atoms with Crippen LogP contribution >= 0.6 is 0 Å². The largest absolute Gasteiger partial charge is 0.369 e.